The third-order valence-corrected chi connectivity index (χ3v) is 4.80. The molecule has 1 aromatic heterocycles. The fourth-order valence-corrected chi connectivity index (χ4v) is 3.44. The van der Waals surface area contributed by atoms with Crippen LogP contribution in [0.5, 0.6) is 5.75 Å². The number of anilines is 1. The number of rotatable bonds is 5. The van der Waals surface area contributed by atoms with Crippen LogP contribution in [0, 0.1) is 0 Å². The second-order valence-corrected chi connectivity index (χ2v) is 6.78. The normalized spacial score (nSPS) is 14.4. The van der Waals surface area contributed by atoms with E-state index in [1.54, 1.807) is 18.2 Å². The first-order valence-corrected chi connectivity index (χ1v) is 9.20. The third-order valence-electron chi connectivity index (χ3n) is 4.80. The minimum atomic E-state index is -0.208. The summed E-state index contributed by atoms with van der Waals surface area (Å²) in [5.74, 6) is 0.619. The molecular weight excluding hydrogens is 342 g/mol. The van der Waals surface area contributed by atoms with Crippen molar-refractivity contribution in [3.63, 3.8) is 0 Å². The smallest absolute Gasteiger partial charge is 0.246 e. The summed E-state index contributed by atoms with van der Waals surface area (Å²) in [6.07, 6.45) is 6.23. The molecule has 6 nitrogen and oxygen atoms in total. The maximum absolute atomic E-state index is 12.4. The lowest BCUT2D eigenvalue weighted by atomic mass is 10.2. The Morgan fingerprint density at radius 1 is 1.11 bits per heavy atom. The summed E-state index contributed by atoms with van der Waals surface area (Å²) < 4.78 is 7.47. The Balaban J connectivity index is 1.42. The molecule has 0 spiro atoms. The van der Waals surface area contributed by atoms with Gasteiger partial charge in [-0.2, -0.15) is 5.10 Å². The van der Waals surface area contributed by atoms with E-state index < -0.39 is 0 Å². The first-order chi connectivity index (χ1) is 13.2. The van der Waals surface area contributed by atoms with Gasteiger partial charge in [0.1, 0.15) is 12.3 Å². The van der Waals surface area contributed by atoms with E-state index in [4.69, 9.17) is 4.74 Å². The zero-order valence-electron chi connectivity index (χ0n) is 14.9. The molecule has 1 aliphatic carbocycles. The summed E-state index contributed by atoms with van der Waals surface area (Å²) in [4.78, 5) is 24.3. The minimum absolute atomic E-state index is 0.0289. The topological polar surface area (TPSA) is 73.2 Å². The molecule has 6 heteroatoms. The van der Waals surface area contributed by atoms with Crippen LogP contribution in [0.4, 0.5) is 5.69 Å². The molecule has 2 aromatic carbocycles. The van der Waals surface area contributed by atoms with Crippen molar-refractivity contribution >= 4 is 22.5 Å². The van der Waals surface area contributed by atoms with Crippen LogP contribution in [-0.2, 0) is 11.3 Å². The summed E-state index contributed by atoms with van der Waals surface area (Å²) in [6.45, 7) is 0.0289. The molecule has 0 unspecified atom stereocenters. The number of nitrogens with one attached hydrogen (secondary N) is 1. The van der Waals surface area contributed by atoms with Crippen LogP contribution in [0.3, 0.4) is 0 Å². The van der Waals surface area contributed by atoms with Crippen molar-refractivity contribution in [3.05, 3.63) is 65.0 Å². The van der Waals surface area contributed by atoms with Gasteiger partial charge in [0.2, 0.25) is 11.3 Å². The number of carbonyl (C=O) groups is 1. The average Bonchev–Trinajstić information content (AvgIpc) is 3.19. The molecule has 0 bridgehead atoms. The standard InChI is InChI=1S/C21H21N3O3/c25-20-13-22-24(19-8-4-3-7-18(19)20)14-21(26)23-15-9-11-17(12-10-15)27-16-5-1-2-6-16/h3-4,7-13,16H,1-2,5-6,14H2,(H,23,26). The van der Waals surface area contributed by atoms with Crippen LogP contribution >= 0.6 is 0 Å². The molecule has 1 heterocycles. The van der Waals surface area contributed by atoms with Gasteiger partial charge >= 0.3 is 0 Å². The number of ether oxygens (including phenoxy) is 1. The predicted molar refractivity (Wildman–Crippen MR) is 104 cm³/mol. The molecule has 138 valence electrons. The second-order valence-electron chi connectivity index (χ2n) is 6.78. The summed E-state index contributed by atoms with van der Waals surface area (Å²) in [6, 6.07) is 14.5. The van der Waals surface area contributed by atoms with Crippen molar-refractivity contribution in [2.45, 2.75) is 38.3 Å². The van der Waals surface area contributed by atoms with Crippen LogP contribution in [0.2, 0.25) is 0 Å². The van der Waals surface area contributed by atoms with E-state index in [0.29, 0.717) is 22.7 Å². The van der Waals surface area contributed by atoms with E-state index in [1.807, 2.05) is 30.3 Å². The molecule has 0 aliphatic heterocycles. The van der Waals surface area contributed by atoms with Gasteiger partial charge in [-0.1, -0.05) is 12.1 Å². The van der Waals surface area contributed by atoms with Crippen LogP contribution < -0.4 is 15.5 Å². The molecule has 1 saturated carbocycles. The maximum Gasteiger partial charge on any atom is 0.246 e. The fourth-order valence-electron chi connectivity index (χ4n) is 3.44. The van der Waals surface area contributed by atoms with E-state index >= 15 is 0 Å². The van der Waals surface area contributed by atoms with Gasteiger partial charge in [0, 0.05) is 11.1 Å². The first-order valence-electron chi connectivity index (χ1n) is 9.20. The van der Waals surface area contributed by atoms with Crippen LogP contribution in [0.1, 0.15) is 25.7 Å². The highest BCUT2D eigenvalue weighted by molar-refractivity contribution is 5.91. The fraction of sp³-hybridized carbons (Fsp3) is 0.286. The highest BCUT2D eigenvalue weighted by atomic mass is 16.5. The minimum Gasteiger partial charge on any atom is -0.490 e. The summed E-state index contributed by atoms with van der Waals surface area (Å²) in [5, 5.41) is 7.49. The molecule has 0 radical (unpaired) electrons. The number of amides is 1. The molecule has 3 aromatic rings. The number of hydrogen-bond donors (Lipinski definition) is 1. The van der Waals surface area contributed by atoms with Gasteiger partial charge in [-0.25, -0.2) is 0 Å². The Hall–Kier alpha value is -3.15. The largest absolute Gasteiger partial charge is 0.490 e. The number of nitrogens with zero attached hydrogens (tertiary/aromatic N) is 2. The lowest BCUT2D eigenvalue weighted by Gasteiger charge is -2.14. The zero-order valence-corrected chi connectivity index (χ0v) is 14.9. The van der Waals surface area contributed by atoms with E-state index in [-0.39, 0.29) is 17.9 Å². The third kappa shape index (κ3) is 4.00. The van der Waals surface area contributed by atoms with Crippen LogP contribution in [0.15, 0.2) is 59.5 Å². The van der Waals surface area contributed by atoms with E-state index in [9.17, 15) is 9.59 Å². The summed E-state index contributed by atoms with van der Waals surface area (Å²) >= 11 is 0. The number of carbonyl (C=O) groups excluding carboxylic acids is 1. The number of aromatic nitrogens is 2. The van der Waals surface area contributed by atoms with Crippen molar-refractivity contribution < 1.29 is 9.53 Å². The molecule has 0 saturated heterocycles. The van der Waals surface area contributed by atoms with Gasteiger partial charge in [-0.15, -0.1) is 0 Å². The highest BCUT2D eigenvalue weighted by Crippen LogP contribution is 2.25. The van der Waals surface area contributed by atoms with Crippen molar-refractivity contribution in [2.24, 2.45) is 0 Å². The molecule has 1 amide bonds. The van der Waals surface area contributed by atoms with Gasteiger partial charge in [0.15, 0.2) is 0 Å². The Labute approximate surface area is 156 Å². The van der Waals surface area contributed by atoms with Gasteiger partial charge in [-0.05, 0) is 62.1 Å². The lowest BCUT2D eigenvalue weighted by Crippen LogP contribution is -2.22. The molecule has 27 heavy (non-hydrogen) atoms. The van der Waals surface area contributed by atoms with Crippen LogP contribution in [0.25, 0.3) is 10.9 Å². The molecule has 1 aliphatic rings. The summed E-state index contributed by atoms with van der Waals surface area (Å²) in [7, 11) is 0. The van der Waals surface area contributed by atoms with Gasteiger partial charge in [0.25, 0.3) is 0 Å². The number of benzene rings is 2. The predicted octanol–water partition coefficient (Wildman–Crippen LogP) is 3.36. The molecule has 1 N–H and O–H groups in total. The van der Waals surface area contributed by atoms with Crippen molar-refractivity contribution in [2.75, 3.05) is 5.32 Å². The maximum atomic E-state index is 12.4. The van der Waals surface area contributed by atoms with Crippen molar-refractivity contribution in [3.8, 4) is 5.75 Å². The van der Waals surface area contributed by atoms with E-state index in [2.05, 4.69) is 10.4 Å². The SMILES string of the molecule is O=C(Cn1ncc(=O)c2ccccc21)Nc1ccc(OC2CCCC2)cc1. The second kappa shape index (κ2) is 7.61. The quantitative estimate of drug-likeness (QED) is 0.754. The van der Waals surface area contributed by atoms with E-state index in [1.165, 1.54) is 23.7 Å². The average molecular weight is 363 g/mol. The lowest BCUT2D eigenvalue weighted by molar-refractivity contribution is -0.116. The number of para-hydroxylation sites is 1. The summed E-state index contributed by atoms with van der Waals surface area (Å²) in [5.41, 5.74) is 1.18. The Bertz CT molecular complexity index is 1010. The highest BCUT2D eigenvalue weighted by Gasteiger charge is 2.16. The van der Waals surface area contributed by atoms with Crippen molar-refractivity contribution in [1.29, 1.82) is 0 Å². The number of hydrogen-bond acceptors (Lipinski definition) is 4. The Morgan fingerprint density at radius 3 is 2.63 bits per heavy atom. The first kappa shape index (κ1) is 17.3. The van der Waals surface area contributed by atoms with Gasteiger partial charge in [-0.3, -0.25) is 14.3 Å². The molecular formula is C21H21N3O3. The van der Waals surface area contributed by atoms with E-state index in [0.717, 1.165) is 18.6 Å². The monoisotopic (exact) mass is 363 g/mol. The Kier molecular flexibility index (Phi) is 4.87. The van der Waals surface area contributed by atoms with Crippen molar-refractivity contribution in [1.82, 2.24) is 9.78 Å². The molecule has 4 rings (SSSR count). The molecule has 0 atom stereocenters. The molecule has 1 fully saturated rings. The Morgan fingerprint density at radius 2 is 1.85 bits per heavy atom. The van der Waals surface area contributed by atoms with Gasteiger partial charge in [0.05, 0.1) is 17.8 Å². The zero-order chi connectivity index (χ0) is 18.6. The van der Waals surface area contributed by atoms with Crippen LogP contribution in [-0.4, -0.2) is 21.8 Å². The number of fused-ring (bicyclic) bond motifs is 1. The van der Waals surface area contributed by atoms with Gasteiger partial charge < -0.3 is 10.1 Å².